The molecule has 0 atom stereocenters. The maximum Gasteiger partial charge on any atom is 0.340 e. The molecular formula is C18H16FNO3. The second-order valence-corrected chi connectivity index (χ2v) is 4.92. The van der Waals surface area contributed by atoms with Gasteiger partial charge in [0.05, 0.1) is 18.4 Å². The fraction of sp³-hybridized carbons (Fsp3) is 0.111. The molecule has 0 fully saturated rings. The molecule has 0 aliphatic rings. The van der Waals surface area contributed by atoms with Crippen molar-refractivity contribution in [3.05, 3.63) is 71.0 Å². The number of nitrogens with one attached hydrogen (secondary N) is 1. The molecule has 0 saturated heterocycles. The summed E-state index contributed by atoms with van der Waals surface area (Å²) >= 11 is 0. The molecule has 0 unspecified atom stereocenters. The highest BCUT2D eigenvalue weighted by atomic mass is 19.1. The Morgan fingerprint density at radius 2 is 1.96 bits per heavy atom. The van der Waals surface area contributed by atoms with E-state index in [2.05, 4.69) is 10.1 Å². The van der Waals surface area contributed by atoms with E-state index in [1.54, 1.807) is 6.08 Å². The number of carbonyl (C=O) groups excluding carboxylic acids is 2. The number of carbonyl (C=O) groups is 2. The van der Waals surface area contributed by atoms with Crippen molar-refractivity contribution >= 4 is 23.6 Å². The first-order valence-electron chi connectivity index (χ1n) is 6.93. The SMILES string of the molecule is COC(=O)c1cc(F)ccc1NC(=O)C=Cc1cccc(C)c1. The van der Waals surface area contributed by atoms with Crippen molar-refractivity contribution in [3.63, 3.8) is 0 Å². The molecule has 2 aromatic rings. The highest BCUT2D eigenvalue weighted by Gasteiger charge is 2.14. The molecule has 0 aromatic heterocycles. The van der Waals surface area contributed by atoms with Crippen LogP contribution in [0.25, 0.3) is 6.08 Å². The first kappa shape index (κ1) is 16.4. The molecule has 2 rings (SSSR count). The van der Waals surface area contributed by atoms with Gasteiger partial charge in [0.15, 0.2) is 0 Å². The molecule has 2 aromatic carbocycles. The minimum Gasteiger partial charge on any atom is -0.465 e. The minimum atomic E-state index is -0.720. The smallest absolute Gasteiger partial charge is 0.340 e. The average Bonchev–Trinajstić information content (AvgIpc) is 2.54. The molecule has 0 radical (unpaired) electrons. The van der Waals surface area contributed by atoms with Gasteiger partial charge >= 0.3 is 5.97 Å². The summed E-state index contributed by atoms with van der Waals surface area (Å²) in [6.07, 6.45) is 3.00. The molecule has 0 aliphatic carbocycles. The van der Waals surface area contributed by atoms with E-state index < -0.39 is 17.7 Å². The van der Waals surface area contributed by atoms with E-state index in [4.69, 9.17) is 0 Å². The second-order valence-electron chi connectivity index (χ2n) is 4.92. The van der Waals surface area contributed by atoms with Gasteiger partial charge in [-0.15, -0.1) is 0 Å². The van der Waals surface area contributed by atoms with Gasteiger partial charge in [0, 0.05) is 6.08 Å². The number of aryl methyl sites for hydroxylation is 1. The van der Waals surface area contributed by atoms with Gasteiger partial charge in [-0.3, -0.25) is 4.79 Å². The summed E-state index contributed by atoms with van der Waals surface area (Å²) in [4.78, 5) is 23.6. The number of esters is 1. The molecule has 0 heterocycles. The Morgan fingerprint density at radius 1 is 1.17 bits per heavy atom. The van der Waals surface area contributed by atoms with Crippen LogP contribution in [-0.2, 0) is 9.53 Å². The van der Waals surface area contributed by atoms with Gasteiger partial charge < -0.3 is 10.1 Å². The van der Waals surface area contributed by atoms with E-state index in [0.717, 1.165) is 23.3 Å². The highest BCUT2D eigenvalue weighted by Crippen LogP contribution is 2.18. The third kappa shape index (κ3) is 4.51. The molecule has 0 bridgehead atoms. The van der Waals surface area contributed by atoms with Crippen LogP contribution in [0, 0.1) is 12.7 Å². The van der Waals surface area contributed by atoms with Crippen LogP contribution in [0.15, 0.2) is 48.5 Å². The fourth-order valence-electron chi connectivity index (χ4n) is 2.02. The van der Waals surface area contributed by atoms with Crippen LogP contribution in [0.3, 0.4) is 0 Å². The number of rotatable bonds is 4. The summed E-state index contributed by atoms with van der Waals surface area (Å²) in [5.41, 5.74) is 2.12. The van der Waals surface area contributed by atoms with Gasteiger partial charge in [0.2, 0.25) is 5.91 Å². The number of hydrogen-bond donors (Lipinski definition) is 1. The zero-order valence-electron chi connectivity index (χ0n) is 12.8. The van der Waals surface area contributed by atoms with Gasteiger partial charge in [0.1, 0.15) is 5.82 Å². The average molecular weight is 313 g/mol. The molecule has 118 valence electrons. The molecule has 1 amide bonds. The Labute approximate surface area is 133 Å². The van der Waals surface area contributed by atoms with Crippen molar-refractivity contribution in [2.24, 2.45) is 0 Å². The van der Waals surface area contributed by atoms with Crippen molar-refractivity contribution in [1.82, 2.24) is 0 Å². The minimum absolute atomic E-state index is 0.0372. The molecule has 0 spiro atoms. The van der Waals surface area contributed by atoms with Crippen LogP contribution in [-0.4, -0.2) is 19.0 Å². The van der Waals surface area contributed by atoms with E-state index in [1.165, 1.54) is 19.3 Å². The number of amides is 1. The topological polar surface area (TPSA) is 55.4 Å². The molecule has 4 nitrogen and oxygen atoms in total. The predicted octanol–water partition coefficient (Wildman–Crippen LogP) is 3.57. The Kier molecular flexibility index (Phi) is 5.25. The number of ether oxygens (including phenoxy) is 1. The van der Waals surface area contributed by atoms with E-state index in [0.29, 0.717) is 0 Å². The maximum absolute atomic E-state index is 13.3. The zero-order valence-corrected chi connectivity index (χ0v) is 12.8. The van der Waals surface area contributed by atoms with Gasteiger partial charge in [-0.25, -0.2) is 9.18 Å². The second kappa shape index (κ2) is 7.35. The van der Waals surface area contributed by atoms with E-state index in [1.807, 2.05) is 31.2 Å². The highest BCUT2D eigenvalue weighted by molar-refractivity contribution is 6.06. The van der Waals surface area contributed by atoms with Gasteiger partial charge in [-0.2, -0.15) is 0 Å². The summed E-state index contributed by atoms with van der Waals surface area (Å²) in [7, 11) is 1.19. The Bertz CT molecular complexity index is 769. The molecule has 0 saturated carbocycles. The number of halogens is 1. The summed E-state index contributed by atoms with van der Waals surface area (Å²) in [5.74, 6) is -1.73. The van der Waals surface area contributed by atoms with Crippen molar-refractivity contribution in [2.75, 3.05) is 12.4 Å². The Balaban J connectivity index is 2.16. The first-order valence-corrected chi connectivity index (χ1v) is 6.93. The van der Waals surface area contributed by atoms with Crippen LogP contribution in [0.5, 0.6) is 0 Å². The fourth-order valence-corrected chi connectivity index (χ4v) is 2.02. The molecule has 5 heteroatoms. The molecule has 1 N–H and O–H groups in total. The predicted molar refractivity (Wildman–Crippen MR) is 86.6 cm³/mol. The number of benzene rings is 2. The summed E-state index contributed by atoms with van der Waals surface area (Å²) in [5, 5.41) is 2.54. The maximum atomic E-state index is 13.3. The summed E-state index contributed by atoms with van der Waals surface area (Å²) < 4.78 is 17.8. The number of anilines is 1. The van der Waals surface area contributed by atoms with Crippen LogP contribution < -0.4 is 5.32 Å². The number of methoxy groups -OCH3 is 1. The Hall–Kier alpha value is -2.95. The third-order valence-corrected chi connectivity index (χ3v) is 3.11. The van der Waals surface area contributed by atoms with Crippen molar-refractivity contribution in [2.45, 2.75) is 6.92 Å². The molecule has 0 aliphatic heterocycles. The number of hydrogen-bond acceptors (Lipinski definition) is 3. The first-order chi connectivity index (χ1) is 11.0. The molecular weight excluding hydrogens is 297 g/mol. The summed E-state index contributed by atoms with van der Waals surface area (Å²) in [6.45, 7) is 1.96. The van der Waals surface area contributed by atoms with Gasteiger partial charge in [0.25, 0.3) is 0 Å². The largest absolute Gasteiger partial charge is 0.465 e. The lowest BCUT2D eigenvalue weighted by molar-refractivity contribution is -0.111. The van der Waals surface area contributed by atoms with E-state index >= 15 is 0 Å². The normalized spacial score (nSPS) is 10.6. The van der Waals surface area contributed by atoms with Crippen LogP contribution in [0.1, 0.15) is 21.5 Å². The van der Waals surface area contributed by atoms with Gasteiger partial charge in [-0.1, -0.05) is 29.8 Å². The lowest BCUT2D eigenvalue weighted by Gasteiger charge is -2.08. The van der Waals surface area contributed by atoms with Gasteiger partial charge in [-0.05, 0) is 36.8 Å². The zero-order chi connectivity index (χ0) is 16.8. The lowest BCUT2D eigenvalue weighted by Crippen LogP contribution is -2.13. The third-order valence-electron chi connectivity index (χ3n) is 3.11. The van der Waals surface area contributed by atoms with Crippen LogP contribution in [0.2, 0.25) is 0 Å². The summed E-state index contributed by atoms with van der Waals surface area (Å²) in [6, 6.07) is 11.1. The van der Waals surface area contributed by atoms with Crippen molar-refractivity contribution in [3.8, 4) is 0 Å². The van der Waals surface area contributed by atoms with Crippen LogP contribution >= 0.6 is 0 Å². The van der Waals surface area contributed by atoms with Crippen molar-refractivity contribution < 1.29 is 18.7 Å². The quantitative estimate of drug-likeness (QED) is 0.693. The van der Waals surface area contributed by atoms with Crippen LogP contribution in [0.4, 0.5) is 10.1 Å². The standard InChI is InChI=1S/C18H16FNO3/c1-12-4-3-5-13(10-12)6-9-17(21)20-16-8-7-14(19)11-15(16)18(22)23-2/h3-11H,1-2H3,(H,20,21). The molecule has 23 heavy (non-hydrogen) atoms. The van der Waals surface area contributed by atoms with E-state index in [-0.39, 0.29) is 11.3 Å². The van der Waals surface area contributed by atoms with Crippen molar-refractivity contribution in [1.29, 1.82) is 0 Å². The van der Waals surface area contributed by atoms with E-state index in [9.17, 15) is 14.0 Å². The Morgan fingerprint density at radius 3 is 2.65 bits per heavy atom. The monoisotopic (exact) mass is 313 g/mol. The lowest BCUT2D eigenvalue weighted by atomic mass is 10.1.